The first-order valence-corrected chi connectivity index (χ1v) is 10.4. The van der Waals surface area contributed by atoms with E-state index >= 15 is 0 Å². The van der Waals surface area contributed by atoms with Gasteiger partial charge in [-0.15, -0.1) is 0 Å². The van der Waals surface area contributed by atoms with E-state index in [4.69, 9.17) is 0 Å². The van der Waals surface area contributed by atoms with E-state index < -0.39 is 10.0 Å². The average Bonchev–Trinajstić information content (AvgIpc) is 2.68. The third kappa shape index (κ3) is 2.93. The Kier molecular flexibility index (Phi) is 4.28. The molecule has 7 heteroatoms. The molecule has 0 saturated heterocycles. The Morgan fingerprint density at radius 3 is 2.44 bits per heavy atom. The molecule has 27 heavy (non-hydrogen) atoms. The molecule has 0 spiro atoms. The molecule has 1 heterocycles. The van der Waals surface area contributed by atoms with E-state index in [0.29, 0.717) is 28.1 Å². The van der Waals surface area contributed by atoms with Gasteiger partial charge >= 0.3 is 0 Å². The number of para-hydroxylation sites is 1. The first-order valence-electron chi connectivity index (χ1n) is 8.18. The summed E-state index contributed by atoms with van der Waals surface area (Å²) in [4.78, 5) is 12.9. The molecule has 1 amide bonds. The predicted octanol–water partition coefficient (Wildman–Crippen LogP) is 4.51. The van der Waals surface area contributed by atoms with Crippen molar-refractivity contribution in [1.82, 2.24) is 0 Å². The Morgan fingerprint density at radius 2 is 1.67 bits per heavy atom. The van der Waals surface area contributed by atoms with Gasteiger partial charge in [-0.3, -0.25) is 9.10 Å². The summed E-state index contributed by atoms with van der Waals surface area (Å²) in [5, 5.41) is 2.87. The lowest BCUT2D eigenvalue weighted by Crippen LogP contribution is -2.30. The van der Waals surface area contributed by atoms with Crippen molar-refractivity contribution in [3.8, 4) is 11.1 Å². The standard InChI is InChI=1S/C20H15BrN2O3S/c1-23-18-11-10-13(20(24)22-17-8-4-3-7-16(17)21)12-15(18)14-6-2-5-9-19(14)27(23,25)26/h2-12H,1H3,(H,22,24). The van der Waals surface area contributed by atoms with Gasteiger partial charge in [-0.2, -0.15) is 0 Å². The summed E-state index contributed by atoms with van der Waals surface area (Å²) < 4.78 is 27.4. The van der Waals surface area contributed by atoms with Crippen molar-refractivity contribution in [2.24, 2.45) is 0 Å². The number of anilines is 2. The van der Waals surface area contributed by atoms with Crippen molar-refractivity contribution in [2.75, 3.05) is 16.7 Å². The SMILES string of the molecule is CN1c2ccc(C(=O)Nc3ccccc3Br)cc2-c2ccccc2S1(=O)=O. The van der Waals surface area contributed by atoms with Crippen LogP contribution in [0.3, 0.4) is 0 Å². The van der Waals surface area contributed by atoms with Crippen LogP contribution in [-0.4, -0.2) is 21.4 Å². The number of amides is 1. The average molecular weight is 443 g/mol. The molecule has 4 rings (SSSR count). The Bertz CT molecular complexity index is 1180. The van der Waals surface area contributed by atoms with Gasteiger partial charge in [0.15, 0.2) is 0 Å². The minimum Gasteiger partial charge on any atom is -0.321 e. The quantitative estimate of drug-likeness (QED) is 0.634. The Labute approximate surface area is 165 Å². The van der Waals surface area contributed by atoms with Crippen LogP contribution in [0.15, 0.2) is 76.1 Å². The second-order valence-corrected chi connectivity index (χ2v) is 8.93. The van der Waals surface area contributed by atoms with Crippen molar-refractivity contribution >= 4 is 43.2 Å². The normalized spacial score (nSPS) is 14.2. The van der Waals surface area contributed by atoms with E-state index in [1.165, 1.54) is 11.4 Å². The number of carbonyl (C=O) groups is 1. The molecule has 0 fully saturated rings. The fourth-order valence-electron chi connectivity index (χ4n) is 3.12. The molecule has 3 aromatic carbocycles. The number of benzene rings is 3. The number of hydrogen-bond donors (Lipinski definition) is 1. The number of sulfonamides is 1. The van der Waals surface area contributed by atoms with Gasteiger partial charge in [0.25, 0.3) is 15.9 Å². The molecule has 0 radical (unpaired) electrons. The zero-order valence-electron chi connectivity index (χ0n) is 14.3. The summed E-state index contributed by atoms with van der Waals surface area (Å²) in [5.74, 6) is -0.265. The number of fused-ring (bicyclic) bond motifs is 3. The van der Waals surface area contributed by atoms with Crippen LogP contribution in [0.1, 0.15) is 10.4 Å². The third-order valence-electron chi connectivity index (χ3n) is 4.54. The van der Waals surface area contributed by atoms with Crippen LogP contribution in [0.2, 0.25) is 0 Å². The minimum atomic E-state index is -3.59. The molecule has 0 aromatic heterocycles. The molecule has 5 nitrogen and oxygen atoms in total. The van der Waals surface area contributed by atoms with Crippen molar-refractivity contribution in [1.29, 1.82) is 0 Å². The summed E-state index contributed by atoms with van der Waals surface area (Å²) in [5.41, 5.74) is 2.97. The van der Waals surface area contributed by atoms with Gasteiger partial charge in [-0.05, 0) is 52.3 Å². The molecule has 1 aliphatic heterocycles. The minimum absolute atomic E-state index is 0.239. The van der Waals surface area contributed by atoms with Crippen LogP contribution in [0.25, 0.3) is 11.1 Å². The van der Waals surface area contributed by atoms with Crippen molar-refractivity contribution in [2.45, 2.75) is 4.90 Å². The lowest BCUT2D eigenvalue weighted by atomic mass is 10.00. The smallest absolute Gasteiger partial charge is 0.264 e. The number of hydrogen-bond acceptors (Lipinski definition) is 3. The fraction of sp³-hybridized carbons (Fsp3) is 0.0500. The monoisotopic (exact) mass is 442 g/mol. The molecular formula is C20H15BrN2O3S. The van der Waals surface area contributed by atoms with Gasteiger partial charge in [0.05, 0.1) is 16.3 Å². The van der Waals surface area contributed by atoms with E-state index in [-0.39, 0.29) is 10.8 Å². The number of nitrogens with one attached hydrogen (secondary N) is 1. The highest BCUT2D eigenvalue weighted by atomic mass is 79.9. The van der Waals surface area contributed by atoms with Crippen LogP contribution in [0, 0.1) is 0 Å². The molecule has 1 N–H and O–H groups in total. The maximum absolute atomic E-state index is 12.7. The van der Waals surface area contributed by atoms with Gasteiger partial charge in [-0.25, -0.2) is 8.42 Å². The van der Waals surface area contributed by atoms with E-state index in [1.807, 2.05) is 18.2 Å². The predicted molar refractivity (Wildman–Crippen MR) is 110 cm³/mol. The van der Waals surface area contributed by atoms with E-state index in [1.54, 1.807) is 48.5 Å². The van der Waals surface area contributed by atoms with Gasteiger partial charge in [0, 0.05) is 28.2 Å². The number of nitrogens with zero attached hydrogens (tertiary/aromatic N) is 1. The Morgan fingerprint density at radius 1 is 0.963 bits per heavy atom. The van der Waals surface area contributed by atoms with Gasteiger partial charge in [-0.1, -0.05) is 30.3 Å². The second kappa shape index (κ2) is 6.51. The van der Waals surface area contributed by atoms with Crippen LogP contribution >= 0.6 is 15.9 Å². The van der Waals surface area contributed by atoms with E-state index in [2.05, 4.69) is 21.2 Å². The topological polar surface area (TPSA) is 66.5 Å². The summed E-state index contributed by atoms with van der Waals surface area (Å²) in [6.45, 7) is 0. The number of halogens is 1. The second-order valence-electron chi connectivity index (χ2n) is 6.13. The van der Waals surface area contributed by atoms with Crippen molar-refractivity contribution in [3.05, 3.63) is 76.8 Å². The highest BCUT2D eigenvalue weighted by Crippen LogP contribution is 2.42. The van der Waals surface area contributed by atoms with Crippen molar-refractivity contribution < 1.29 is 13.2 Å². The number of carbonyl (C=O) groups excluding carboxylic acids is 1. The van der Waals surface area contributed by atoms with Crippen LogP contribution in [-0.2, 0) is 10.0 Å². The molecule has 1 aliphatic rings. The summed E-state index contributed by atoms with van der Waals surface area (Å²) >= 11 is 3.41. The first kappa shape index (κ1) is 17.8. The summed E-state index contributed by atoms with van der Waals surface area (Å²) in [6, 6.07) is 19.2. The van der Waals surface area contributed by atoms with Gasteiger partial charge in [0.1, 0.15) is 0 Å². The molecule has 3 aromatic rings. The lowest BCUT2D eigenvalue weighted by molar-refractivity contribution is 0.102. The van der Waals surface area contributed by atoms with Crippen LogP contribution in [0.4, 0.5) is 11.4 Å². The van der Waals surface area contributed by atoms with E-state index in [0.717, 1.165) is 4.47 Å². The maximum atomic E-state index is 12.7. The Hall–Kier alpha value is -2.64. The van der Waals surface area contributed by atoms with Gasteiger partial charge in [0.2, 0.25) is 0 Å². The van der Waals surface area contributed by atoms with E-state index in [9.17, 15) is 13.2 Å². The molecule has 136 valence electrons. The summed E-state index contributed by atoms with van der Waals surface area (Å²) in [7, 11) is -2.08. The number of rotatable bonds is 2. The highest BCUT2D eigenvalue weighted by Gasteiger charge is 2.32. The highest BCUT2D eigenvalue weighted by molar-refractivity contribution is 9.10. The zero-order chi connectivity index (χ0) is 19.2. The van der Waals surface area contributed by atoms with Gasteiger partial charge < -0.3 is 5.32 Å². The zero-order valence-corrected chi connectivity index (χ0v) is 16.7. The largest absolute Gasteiger partial charge is 0.321 e. The van der Waals surface area contributed by atoms with Crippen LogP contribution < -0.4 is 9.62 Å². The van der Waals surface area contributed by atoms with Crippen LogP contribution in [0.5, 0.6) is 0 Å². The molecular weight excluding hydrogens is 428 g/mol. The van der Waals surface area contributed by atoms with Crippen molar-refractivity contribution in [3.63, 3.8) is 0 Å². The summed E-state index contributed by atoms with van der Waals surface area (Å²) in [6.07, 6.45) is 0. The molecule has 0 saturated carbocycles. The molecule has 0 aliphatic carbocycles. The lowest BCUT2D eigenvalue weighted by Gasteiger charge is -2.29. The molecule has 0 unspecified atom stereocenters. The Balaban J connectivity index is 1.79. The molecule has 0 bridgehead atoms. The third-order valence-corrected chi connectivity index (χ3v) is 7.06. The maximum Gasteiger partial charge on any atom is 0.264 e. The fourth-order valence-corrected chi connectivity index (χ4v) is 4.92. The molecule has 0 atom stereocenters. The first-order chi connectivity index (χ1) is 12.9.